The van der Waals surface area contributed by atoms with Crippen LogP contribution in [0.1, 0.15) is 5.56 Å². The average Bonchev–Trinajstić information content (AvgIpc) is 2.03. The van der Waals surface area contributed by atoms with Gasteiger partial charge in [0.15, 0.2) is 6.20 Å². The van der Waals surface area contributed by atoms with Crippen LogP contribution in [0.15, 0.2) is 17.2 Å². The molecular formula is C6H3N3O2S. The number of nitro groups is 1. The second kappa shape index (κ2) is 3.19. The van der Waals surface area contributed by atoms with E-state index in [1.54, 1.807) is 6.07 Å². The molecule has 6 heteroatoms. The van der Waals surface area contributed by atoms with Crippen molar-refractivity contribution in [1.29, 1.82) is 5.26 Å². The van der Waals surface area contributed by atoms with E-state index < -0.39 is 4.92 Å². The zero-order valence-electron chi connectivity index (χ0n) is 5.76. The Balaban J connectivity index is 3.23. The van der Waals surface area contributed by atoms with Gasteiger partial charge in [-0.2, -0.15) is 5.26 Å². The minimum atomic E-state index is -0.649. The molecule has 0 fully saturated rings. The molecule has 0 saturated carbocycles. The topological polar surface area (TPSA) is 79.8 Å². The molecule has 1 heterocycles. The van der Waals surface area contributed by atoms with Crippen molar-refractivity contribution in [3.63, 3.8) is 0 Å². The van der Waals surface area contributed by atoms with Crippen LogP contribution in [0.5, 0.6) is 0 Å². The maximum atomic E-state index is 10.2. The summed E-state index contributed by atoms with van der Waals surface area (Å²) in [6.45, 7) is 0. The maximum Gasteiger partial charge on any atom is 0.376 e. The van der Waals surface area contributed by atoms with Gasteiger partial charge in [-0.25, -0.2) is 0 Å². The molecule has 0 aliphatic heterocycles. The van der Waals surface area contributed by atoms with Crippen molar-refractivity contribution >= 4 is 18.4 Å². The smallest absolute Gasteiger partial charge is 0.358 e. The molecule has 0 aliphatic rings. The number of pyridine rings is 1. The van der Waals surface area contributed by atoms with E-state index >= 15 is 0 Å². The zero-order chi connectivity index (χ0) is 9.14. The van der Waals surface area contributed by atoms with Crippen molar-refractivity contribution in [3.8, 4) is 6.07 Å². The zero-order valence-corrected chi connectivity index (χ0v) is 6.65. The maximum absolute atomic E-state index is 10.2. The number of rotatable bonds is 1. The van der Waals surface area contributed by atoms with Crippen LogP contribution in [-0.4, -0.2) is 9.91 Å². The Bertz CT molecular complexity index is 372. The molecule has 1 aromatic heterocycles. The summed E-state index contributed by atoms with van der Waals surface area (Å²) in [4.78, 5) is 13.1. The summed E-state index contributed by atoms with van der Waals surface area (Å²) in [5, 5.41) is 18.6. The minimum absolute atomic E-state index is 0.0963. The van der Waals surface area contributed by atoms with E-state index in [2.05, 4.69) is 17.6 Å². The second-order valence-electron chi connectivity index (χ2n) is 1.94. The lowest BCUT2D eigenvalue weighted by Crippen LogP contribution is -1.93. The van der Waals surface area contributed by atoms with Gasteiger partial charge in [0.1, 0.15) is 11.0 Å². The van der Waals surface area contributed by atoms with E-state index in [0.717, 1.165) is 6.20 Å². The number of nitrogens with zero attached hydrogens (tertiary/aromatic N) is 3. The van der Waals surface area contributed by atoms with Gasteiger partial charge in [-0.15, -0.1) is 12.6 Å². The highest BCUT2D eigenvalue weighted by Crippen LogP contribution is 2.19. The molecule has 0 atom stereocenters. The standard InChI is InChI=1S/C6H3N3O2S/c7-2-4-1-5(12)6(8-3-4)9(10)11/h1,3,12H. The quantitative estimate of drug-likeness (QED) is 0.400. The lowest BCUT2D eigenvalue weighted by atomic mass is 10.3. The van der Waals surface area contributed by atoms with Crippen LogP contribution in [0.3, 0.4) is 0 Å². The third-order valence-electron chi connectivity index (χ3n) is 1.15. The van der Waals surface area contributed by atoms with Gasteiger partial charge in [0, 0.05) is 0 Å². The van der Waals surface area contributed by atoms with Crippen LogP contribution in [0.4, 0.5) is 5.82 Å². The van der Waals surface area contributed by atoms with E-state index in [-0.39, 0.29) is 16.3 Å². The summed E-state index contributed by atoms with van der Waals surface area (Å²) in [7, 11) is 0. The Kier molecular flexibility index (Phi) is 2.26. The minimum Gasteiger partial charge on any atom is -0.358 e. The fourth-order valence-electron chi connectivity index (χ4n) is 0.648. The highest BCUT2D eigenvalue weighted by Gasteiger charge is 2.12. The predicted molar refractivity (Wildman–Crippen MR) is 42.9 cm³/mol. The first kappa shape index (κ1) is 8.49. The Hall–Kier alpha value is -1.61. The van der Waals surface area contributed by atoms with Gasteiger partial charge in [-0.05, 0) is 16.0 Å². The van der Waals surface area contributed by atoms with Gasteiger partial charge in [0.25, 0.3) is 0 Å². The number of aromatic nitrogens is 1. The largest absolute Gasteiger partial charge is 0.376 e. The fourth-order valence-corrected chi connectivity index (χ4v) is 0.926. The van der Waals surface area contributed by atoms with Crippen LogP contribution < -0.4 is 0 Å². The first-order valence-corrected chi connectivity index (χ1v) is 3.33. The van der Waals surface area contributed by atoms with Gasteiger partial charge in [0.05, 0.1) is 5.56 Å². The Morgan fingerprint density at radius 1 is 1.75 bits per heavy atom. The molecule has 1 rings (SSSR count). The van der Waals surface area contributed by atoms with Crippen molar-refractivity contribution < 1.29 is 4.92 Å². The van der Waals surface area contributed by atoms with E-state index in [0.29, 0.717) is 0 Å². The highest BCUT2D eigenvalue weighted by atomic mass is 32.1. The second-order valence-corrected chi connectivity index (χ2v) is 2.42. The highest BCUT2D eigenvalue weighted by molar-refractivity contribution is 7.80. The monoisotopic (exact) mass is 181 g/mol. The number of hydrogen-bond acceptors (Lipinski definition) is 5. The van der Waals surface area contributed by atoms with E-state index in [1.807, 2.05) is 0 Å². The first-order valence-electron chi connectivity index (χ1n) is 2.88. The molecule has 0 aliphatic carbocycles. The third-order valence-corrected chi connectivity index (χ3v) is 1.48. The fraction of sp³-hybridized carbons (Fsp3) is 0. The van der Waals surface area contributed by atoms with Crippen molar-refractivity contribution in [2.45, 2.75) is 4.90 Å². The van der Waals surface area contributed by atoms with Crippen LogP contribution in [0.25, 0.3) is 0 Å². The summed E-state index contributed by atoms with van der Waals surface area (Å²) < 4.78 is 0. The molecule has 0 saturated heterocycles. The Morgan fingerprint density at radius 2 is 2.42 bits per heavy atom. The molecule has 0 unspecified atom stereocenters. The van der Waals surface area contributed by atoms with Gasteiger partial charge in [-0.3, -0.25) is 0 Å². The normalized spacial score (nSPS) is 9.00. The molecule has 12 heavy (non-hydrogen) atoms. The summed E-state index contributed by atoms with van der Waals surface area (Å²) in [6, 6.07) is 3.10. The predicted octanol–water partition coefficient (Wildman–Crippen LogP) is 1.15. The SMILES string of the molecule is N#Cc1cnc([N+](=O)[O-])c(S)c1. The summed E-state index contributed by atoms with van der Waals surface area (Å²) in [6.07, 6.45) is 1.14. The lowest BCUT2D eigenvalue weighted by Gasteiger charge is -1.93. The van der Waals surface area contributed by atoms with Crippen molar-refractivity contribution in [2.75, 3.05) is 0 Å². The van der Waals surface area contributed by atoms with Crippen LogP contribution in [-0.2, 0) is 0 Å². The van der Waals surface area contributed by atoms with Crippen LogP contribution >= 0.6 is 12.6 Å². The number of thiol groups is 1. The molecule has 0 bridgehead atoms. The molecule has 5 nitrogen and oxygen atoms in total. The molecule has 1 aromatic rings. The van der Waals surface area contributed by atoms with E-state index in [9.17, 15) is 10.1 Å². The third kappa shape index (κ3) is 1.52. The van der Waals surface area contributed by atoms with Gasteiger partial charge in [0.2, 0.25) is 0 Å². The van der Waals surface area contributed by atoms with Gasteiger partial charge >= 0.3 is 5.82 Å². The molecule has 60 valence electrons. The van der Waals surface area contributed by atoms with Gasteiger partial charge < -0.3 is 10.1 Å². The molecular weight excluding hydrogens is 178 g/mol. The Labute approximate surface area is 73.2 Å². The molecule has 0 N–H and O–H groups in total. The average molecular weight is 181 g/mol. The first-order chi connectivity index (χ1) is 5.65. The van der Waals surface area contributed by atoms with Gasteiger partial charge in [-0.1, -0.05) is 0 Å². The van der Waals surface area contributed by atoms with Crippen LogP contribution in [0, 0.1) is 21.4 Å². The number of hydrogen-bond donors (Lipinski definition) is 1. The Morgan fingerprint density at radius 3 is 2.83 bits per heavy atom. The van der Waals surface area contributed by atoms with Crippen molar-refractivity contribution in [2.24, 2.45) is 0 Å². The van der Waals surface area contributed by atoms with Crippen molar-refractivity contribution in [1.82, 2.24) is 4.98 Å². The summed E-state index contributed by atoms with van der Waals surface area (Å²) in [5.41, 5.74) is 0.255. The number of nitriles is 1. The van der Waals surface area contributed by atoms with Crippen LogP contribution in [0.2, 0.25) is 0 Å². The lowest BCUT2D eigenvalue weighted by molar-refractivity contribution is -0.392. The molecule has 0 spiro atoms. The molecule has 0 radical (unpaired) electrons. The molecule has 0 amide bonds. The molecule has 0 aromatic carbocycles. The summed E-state index contributed by atoms with van der Waals surface area (Å²) >= 11 is 3.81. The van der Waals surface area contributed by atoms with E-state index in [1.165, 1.54) is 6.07 Å². The van der Waals surface area contributed by atoms with E-state index in [4.69, 9.17) is 5.26 Å². The summed E-state index contributed by atoms with van der Waals surface area (Å²) in [5.74, 6) is -0.336. The van der Waals surface area contributed by atoms with Crippen molar-refractivity contribution in [3.05, 3.63) is 27.9 Å².